The van der Waals surface area contributed by atoms with E-state index in [9.17, 15) is 14.7 Å². The minimum absolute atomic E-state index is 0.0616. The number of aliphatic hydroxyl groups excluding tert-OH is 1. The van der Waals surface area contributed by atoms with Crippen LogP contribution in [0.4, 0.5) is 0 Å². The average Bonchev–Trinajstić information content (AvgIpc) is 3.55. The molecule has 0 aliphatic rings. The van der Waals surface area contributed by atoms with Crippen LogP contribution in [0.3, 0.4) is 0 Å². The highest BCUT2D eigenvalue weighted by molar-refractivity contribution is 5.70. The SMILES string of the molecule is CC/C=C\C/C=C\C/C=C\C/C=C\CCCCCCCCCCCCCCCCCCCCCCCCCCC(=O)OCC(CO)OC(=O)CCCCCCCCCCCCCCCCCCCCCCCCCC/C=C\C/C=C\C/C=C\C/C=C\CC. The number of aliphatic hydroxyl groups is 1. The highest BCUT2D eigenvalue weighted by atomic mass is 16.6. The molecule has 0 saturated carbocycles. The van der Waals surface area contributed by atoms with Crippen molar-refractivity contribution >= 4 is 11.9 Å². The van der Waals surface area contributed by atoms with Crippen molar-refractivity contribution in [2.75, 3.05) is 13.2 Å². The third-order valence-corrected chi connectivity index (χ3v) is 17.4. The molecule has 0 amide bonds. The lowest BCUT2D eigenvalue weighted by Gasteiger charge is -2.15. The van der Waals surface area contributed by atoms with Crippen LogP contribution in [-0.2, 0) is 19.1 Å². The fraction of sp³-hybridized carbons (Fsp3) is 0.783. The van der Waals surface area contributed by atoms with Gasteiger partial charge in [-0.05, 0) is 89.9 Å². The van der Waals surface area contributed by atoms with Crippen molar-refractivity contribution in [3.63, 3.8) is 0 Å². The number of hydrogen-bond donors (Lipinski definition) is 1. The highest BCUT2D eigenvalue weighted by Gasteiger charge is 2.16. The van der Waals surface area contributed by atoms with Gasteiger partial charge in [-0.15, -0.1) is 0 Å². The zero-order valence-corrected chi connectivity index (χ0v) is 58.7. The molecule has 0 aromatic heterocycles. The molecule has 510 valence electrons. The normalized spacial score (nSPS) is 12.7. The number of carbonyl (C=O) groups is 2. The zero-order valence-electron chi connectivity index (χ0n) is 58.7. The third-order valence-electron chi connectivity index (χ3n) is 17.4. The number of carbonyl (C=O) groups excluding carboxylic acids is 2. The number of unbranched alkanes of at least 4 members (excludes halogenated alkanes) is 48. The minimum atomic E-state index is -0.773. The molecule has 1 atom stereocenters. The second-order valence-corrected chi connectivity index (χ2v) is 26.0. The number of rotatable bonds is 72. The Morgan fingerprint density at radius 3 is 0.682 bits per heavy atom. The van der Waals surface area contributed by atoms with Gasteiger partial charge in [-0.3, -0.25) is 9.59 Å². The van der Waals surface area contributed by atoms with Crippen LogP contribution in [0.25, 0.3) is 0 Å². The van der Waals surface area contributed by atoms with Crippen molar-refractivity contribution in [2.24, 2.45) is 0 Å². The second kappa shape index (κ2) is 78.1. The Balaban J connectivity index is 3.38. The molecule has 5 nitrogen and oxygen atoms in total. The van der Waals surface area contributed by atoms with Crippen LogP contribution in [0.5, 0.6) is 0 Å². The molecule has 0 aromatic rings. The molecule has 0 spiro atoms. The number of allylic oxidation sites excluding steroid dienone is 16. The van der Waals surface area contributed by atoms with E-state index in [1.807, 2.05) is 0 Å². The van der Waals surface area contributed by atoms with Crippen molar-refractivity contribution in [3.8, 4) is 0 Å². The van der Waals surface area contributed by atoms with E-state index in [0.717, 1.165) is 89.9 Å². The first-order valence-electron chi connectivity index (χ1n) is 38.8. The van der Waals surface area contributed by atoms with Gasteiger partial charge in [-0.1, -0.05) is 394 Å². The van der Waals surface area contributed by atoms with Crippen molar-refractivity contribution < 1.29 is 24.2 Å². The van der Waals surface area contributed by atoms with Crippen molar-refractivity contribution in [1.82, 2.24) is 0 Å². The van der Waals surface area contributed by atoms with Gasteiger partial charge >= 0.3 is 11.9 Å². The Kier molecular flexibility index (Phi) is 75.2. The van der Waals surface area contributed by atoms with Gasteiger partial charge in [-0.2, -0.15) is 0 Å². The standard InChI is InChI=1S/C83H148O5/c1-3-5-7-9-11-13-15-17-19-21-23-25-27-29-31-33-35-37-39-41-43-45-47-49-51-53-55-57-59-61-63-65-67-69-71-73-75-77-82(85)87-80-81(79-84)88-83(86)78-76-74-72-70-68-66-64-62-60-58-56-54-52-50-48-46-44-42-40-38-36-34-32-30-28-26-24-22-20-18-16-14-12-10-8-6-4-2/h5-8,11-14,17-20,23-26,81,84H,3-4,9-10,15-16,21-22,27-80H2,1-2H3/b7-5-,8-6-,13-11-,14-12-,19-17-,20-18-,25-23-,26-24-. The van der Waals surface area contributed by atoms with Gasteiger partial charge in [0.25, 0.3) is 0 Å². The summed E-state index contributed by atoms with van der Waals surface area (Å²) in [6.07, 6.45) is 112. The molecule has 0 fully saturated rings. The molecular weight excluding hydrogens is 1080 g/mol. The van der Waals surface area contributed by atoms with E-state index in [4.69, 9.17) is 9.47 Å². The number of esters is 2. The Bertz CT molecular complexity index is 1630. The van der Waals surface area contributed by atoms with Gasteiger partial charge in [0.15, 0.2) is 6.10 Å². The van der Waals surface area contributed by atoms with E-state index in [1.165, 1.54) is 283 Å². The lowest BCUT2D eigenvalue weighted by atomic mass is 10.0. The van der Waals surface area contributed by atoms with Crippen molar-refractivity contribution in [3.05, 3.63) is 97.2 Å². The summed E-state index contributed by atoms with van der Waals surface area (Å²) >= 11 is 0. The molecule has 0 bridgehead atoms. The van der Waals surface area contributed by atoms with E-state index in [2.05, 4.69) is 111 Å². The molecular formula is C83H148O5. The minimum Gasteiger partial charge on any atom is -0.462 e. The fourth-order valence-electron chi connectivity index (χ4n) is 11.7. The van der Waals surface area contributed by atoms with E-state index in [0.29, 0.717) is 12.8 Å². The number of ether oxygens (including phenoxy) is 2. The van der Waals surface area contributed by atoms with E-state index < -0.39 is 6.10 Å². The lowest BCUT2D eigenvalue weighted by molar-refractivity contribution is -0.161. The molecule has 5 heteroatoms. The summed E-state index contributed by atoms with van der Waals surface area (Å²) in [6.45, 7) is 3.97. The summed E-state index contributed by atoms with van der Waals surface area (Å²) in [4.78, 5) is 24.7. The van der Waals surface area contributed by atoms with E-state index >= 15 is 0 Å². The summed E-state index contributed by atoms with van der Waals surface area (Å²) in [5.41, 5.74) is 0. The maximum atomic E-state index is 12.4. The Morgan fingerprint density at radius 1 is 0.261 bits per heavy atom. The molecule has 0 aliphatic heterocycles. The van der Waals surface area contributed by atoms with Crippen LogP contribution in [0.2, 0.25) is 0 Å². The first-order valence-corrected chi connectivity index (χ1v) is 38.8. The maximum Gasteiger partial charge on any atom is 0.306 e. The average molecular weight is 1230 g/mol. The zero-order chi connectivity index (χ0) is 63.3. The molecule has 88 heavy (non-hydrogen) atoms. The largest absolute Gasteiger partial charge is 0.462 e. The summed E-state index contributed by atoms with van der Waals surface area (Å²) < 4.78 is 10.8. The predicted octanol–water partition coefficient (Wildman–Crippen LogP) is 27.3. The smallest absolute Gasteiger partial charge is 0.306 e. The Labute approximate surface area is 548 Å². The summed E-state index contributed by atoms with van der Waals surface area (Å²) in [6, 6.07) is 0. The van der Waals surface area contributed by atoms with Gasteiger partial charge in [0.2, 0.25) is 0 Å². The molecule has 0 aromatic carbocycles. The van der Waals surface area contributed by atoms with E-state index in [1.54, 1.807) is 0 Å². The Morgan fingerprint density at radius 2 is 0.455 bits per heavy atom. The van der Waals surface area contributed by atoms with Gasteiger partial charge < -0.3 is 14.6 Å². The highest BCUT2D eigenvalue weighted by Crippen LogP contribution is 2.19. The summed E-state index contributed by atoms with van der Waals surface area (Å²) in [5, 5.41) is 9.73. The van der Waals surface area contributed by atoms with Gasteiger partial charge in [0.05, 0.1) is 6.61 Å². The van der Waals surface area contributed by atoms with Crippen molar-refractivity contribution in [2.45, 2.75) is 405 Å². The van der Waals surface area contributed by atoms with Crippen LogP contribution in [-0.4, -0.2) is 36.4 Å². The quantitative estimate of drug-likeness (QED) is 0.0373. The van der Waals surface area contributed by atoms with Crippen LogP contribution in [0.1, 0.15) is 399 Å². The first kappa shape index (κ1) is 84.8. The predicted molar refractivity (Wildman–Crippen MR) is 389 cm³/mol. The second-order valence-electron chi connectivity index (χ2n) is 26.0. The summed E-state index contributed by atoms with van der Waals surface area (Å²) in [7, 11) is 0. The molecule has 1 unspecified atom stereocenters. The van der Waals surface area contributed by atoms with E-state index in [-0.39, 0.29) is 25.2 Å². The third kappa shape index (κ3) is 75.3. The molecule has 0 heterocycles. The fourth-order valence-corrected chi connectivity index (χ4v) is 11.7. The summed E-state index contributed by atoms with van der Waals surface area (Å²) in [5.74, 6) is -0.568. The Hall–Kier alpha value is -3.18. The van der Waals surface area contributed by atoms with Crippen molar-refractivity contribution in [1.29, 1.82) is 0 Å². The molecule has 0 rings (SSSR count). The van der Waals surface area contributed by atoms with Crippen LogP contribution in [0.15, 0.2) is 97.2 Å². The number of hydrogen-bond acceptors (Lipinski definition) is 5. The van der Waals surface area contributed by atoms with Crippen LogP contribution in [0, 0.1) is 0 Å². The lowest BCUT2D eigenvalue weighted by Crippen LogP contribution is -2.28. The molecule has 0 radical (unpaired) electrons. The van der Waals surface area contributed by atoms with Gasteiger partial charge in [-0.25, -0.2) is 0 Å². The van der Waals surface area contributed by atoms with Gasteiger partial charge in [0.1, 0.15) is 6.61 Å². The molecule has 1 N–H and O–H groups in total. The molecule has 0 saturated heterocycles. The topological polar surface area (TPSA) is 72.8 Å². The first-order chi connectivity index (χ1) is 43.6. The monoisotopic (exact) mass is 1230 g/mol. The van der Waals surface area contributed by atoms with Crippen LogP contribution >= 0.6 is 0 Å². The van der Waals surface area contributed by atoms with Crippen LogP contribution < -0.4 is 0 Å². The van der Waals surface area contributed by atoms with Gasteiger partial charge in [0, 0.05) is 12.8 Å². The molecule has 0 aliphatic carbocycles. The maximum absolute atomic E-state index is 12.4.